The van der Waals surface area contributed by atoms with Crippen LogP contribution in [-0.2, 0) is 0 Å². The van der Waals surface area contributed by atoms with E-state index >= 15 is 0 Å². The normalized spacial score (nSPS) is 9.71. The fraction of sp³-hybridized carbons (Fsp3) is 0.222. The first kappa shape index (κ1) is 11.3. The molecule has 76 valence electrons. The third kappa shape index (κ3) is 1.86. The molecule has 0 aliphatic carbocycles. The van der Waals surface area contributed by atoms with Gasteiger partial charge in [0, 0.05) is 5.56 Å². The lowest BCUT2D eigenvalue weighted by molar-refractivity contribution is 0.112. The number of halogens is 2. The molecule has 0 N–H and O–H groups in total. The van der Waals surface area contributed by atoms with Gasteiger partial charge >= 0.3 is 0 Å². The van der Waals surface area contributed by atoms with Crippen molar-refractivity contribution in [1.82, 2.24) is 0 Å². The van der Waals surface area contributed by atoms with Crippen molar-refractivity contribution in [2.24, 2.45) is 0 Å². The molecule has 0 saturated heterocycles. The van der Waals surface area contributed by atoms with Gasteiger partial charge in [-0.1, -0.05) is 11.6 Å². The van der Waals surface area contributed by atoms with Crippen molar-refractivity contribution in [2.75, 3.05) is 14.2 Å². The van der Waals surface area contributed by atoms with Crippen molar-refractivity contribution < 1.29 is 14.3 Å². The van der Waals surface area contributed by atoms with Crippen LogP contribution in [0.5, 0.6) is 11.5 Å². The van der Waals surface area contributed by atoms with E-state index in [2.05, 4.69) is 15.9 Å². The van der Waals surface area contributed by atoms with Crippen LogP contribution in [0.25, 0.3) is 0 Å². The monoisotopic (exact) mass is 278 g/mol. The standard InChI is InChI=1S/C9H8BrClO3/c1-13-8-6(10)3-5(4-12)7(11)9(8)14-2/h3-4H,1-2H3. The molecule has 1 aromatic carbocycles. The van der Waals surface area contributed by atoms with Crippen molar-refractivity contribution in [1.29, 1.82) is 0 Å². The minimum atomic E-state index is 0.252. The first-order valence-electron chi connectivity index (χ1n) is 3.70. The van der Waals surface area contributed by atoms with Gasteiger partial charge in [-0.2, -0.15) is 0 Å². The summed E-state index contributed by atoms with van der Waals surface area (Å²) >= 11 is 9.16. The van der Waals surface area contributed by atoms with Gasteiger partial charge in [0.05, 0.1) is 23.7 Å². The van der Waals surface area contributed by atoms with E-state index in [0.717, 1.165) is 0 Å². The Kier molecular flexibility index (Phi) is 3.77. The maximum Gasteiger partial charge on any atom is 0.181 e. The summed E-state index contributed by atoms with van der Waals surface area (Å²) in [6.07, 6.45) is 0.662. The molecule has 3 nitrogen and oxygen atoms in total. The Morgan fingerprint density at radius 3 is 2.36 bits per heavy atom. The Morgan fingerprint density at radius 1 is 1.36 bits per heavy atom. The first-order chi connectivity index (χ1) is 6.65. The highest BCUT2D eigenvalue weighted by atomic mass is 79.9. The molecule has 0 bridgehead atoms. The number of aldehydes is 1. The summed E-state index contributed by atoms with van der Waals surface area (Å²) in [6.45, 7) is 0. The number of carbonyl (C=O) groups excluding carboxylic acids is 1. The van der Waals surface area contributed by atoms with E-state index in [0.29, 0.717) is 27.8 Å². The van der Waals surface area contributed by atoms with Crippen LogP contribution in [-0.4, -0.2) is 20.5 Å². The highest BCUT2D eigenvalue weighted by Gasteiger charge is 2.16. The lowest BCUT2D eigenvalue weighted by atomic mass is 10.2. The molecule has 0 aliphatic rings. The van der Waals surface area contributed by atoms with Crippen LogP contribution < -0.4 is 9.47 Å². The second-order valence-electron chi connectivity index (χ2n) is 2.45. The molecule has 0 amide bonds. The van der Waals surface area contributed by atoms with E-state index in [1.807, 2.05) is 0 Å². The highest BCUT2D eigenvalue weighted by Crippen LogP contribution is 2.42. The molecule has 0 unspecified atom stereocenters. The van der Waals surface area contributed by atoms with E-state index in [1.54, 1.807) is 6.07 Å². The number of methoxy groups -OCH3 is 2. The average Bonchev–Trinajstić information content (AvgIpc) is 2.20. The van der Waals surface area contributed by atoms with Gasteiger partial charge in [0.15, 0.2) is 17.8 Å². The maximum atomic E-state index is 10.6. The summed E-state index contributed by atoms with van der Waals surface area (Å²) in [5, 5.41) is 0.252. The van der Waals surface area contributed by atoms with E-state index in [4.69, 9.17) is 21.1 Å². The molecule has 0 radical (unpaired) electrons. The van der Waals surface area contributed by atoms with Gasteiger partial charge in [0.2, 0.25) is 0 Å². The predicted molar refractivity (Wildman–Crippen MR) is 57.6 cm³/mol. The zero-order valence-corrected chi connectivity index (χ0v) is 9.98. The number of hydrogen-bond donors (Lipinski definition) is 0. The molecule has 0 spiro atoms. The highest BCUT2D eigenvalue weighted by molar-refractivity contribution is 9.10. The molecule has 14 heavy (non-hydrogen) atoms. The van der Waals surface area contributed by atoms with Crippen molar-refractivity contribution in [2.45, 2.75) is 0 Å². The molecular weight excluding hydrogens is 271 g/mol. The summed E-state index contributed by atoms with van der Waals surface area (Å²) in [6, 6.07) is 1.58. The van der Waals surface area contributed by atoms with Gasteiger partial charge in [-0.15, -0.1) is 0 Å². The minimum absolute atomic E-state index is 0.252. The van der Waals surface area contributed by atoms with E-state index in [1.165, 1.54) is 14.2 Å². The minimum Gasteiger partial charge on any atom is -0.492 e. The van der Waals surface area contributed by atoms with E-state index < -0.39 is 0 Å². The molecular formula is C9H8BrClO3. The summed E-state index contributed by atoms with van der Waals surface area (Å²) in [4.78, 5) is 10.6. The SMILES string of the molecule is COc1c(Br)cc(C=O)c(Cl)c1OC. The van der Waals surface area contributed by atoms with Crippen molar-refractivity contribution in [3.63, 3.8) is 0 Å². The fourth-order valence-corrected chi connectivity index (χ4v) is 1.91. The molecule has 1 rings (SSSR count). The maximum absolute atomic E-state index is 10.6. The summed E-state index contributed by atoms with van der Waals surface area (Å²) < 4.78 is 10.7. The molecule has 5 heteroatoms. The summed E-state index contributed by atoms with van der Waals surface area (Å²) in [5.74, 6) is 0.828. The lowest BCUT2D eigenvalue weighted by Gasteiger charge is -2.12. The van der Waals surface area contributed by atoms with Crippen LogP contribution in [0.2, 0.25) is 5.02 Å². The van der Waals surface area contributed by atoms with Crippen molar-refractivity contribution in [3.8, 4) is 11.5 Å². The smallest absolute Gasteiger partial charge is 0.181 e. The van der Waals surface area contributed by atoms with Gasteiger partial charge in [-0.25, -0.2) is 0 Å². The van der Waals surface area contributed by atoms with Gasteiger partial charge < -0.3 is 9.47 Å². The predicted octanol–water partition coefficient (Wildman–Crippen LogP) is 2.93. The van der Waals surface area contributed by atoms with E-state index in [9.17, 15) is 4.79 Å². The van der Waals surface area contributed by atoms with Gasteiger partial charge in [-0.05, 0) is 22.0 Å². The Hall–Kier alpha value is -0.740. The first-order valence-corrected chi connectivity index (χ1v) is 4.88. The van der Waals surface area contributed by atoms with Crippen LogP contribution >= 0.6 is 27.5 Å². The number of benzene rings is 1. The second kappa shape index (κ2) is 4.66. The molecule has 1 aromatic rings. The number of ether oxygens (including phenoxy) is 2. The second-order valence-corrected chi connectivity index (χ2v) is 3.68. The topological polar surface area (TPSA) is 35.5 Å². The van der Waals surface area contributed by atoms with E-state index in [-0.39, 0.29) is 5.02 Å². The Balaban J connectivity index is 3.47. The van der Waals surface area contributed by atoms with Crippen LogP contribution in [0.1, 0.15) is 10.4 Å². The van der Waals surface area contributed by atoms with Gasteiger partial charge in [-0.3, -0.25) is 4.79 Å². The number of hydrogen-bond acceptors (Lipinski definition) is 3. The van der Waals surface area contributed by atoms with Gasteiger partial charge in [0.25, 0.3) is 0 Å². The number of carbonyl (C=O) groups is 1. The largest absolute Gasteiger partial charge is 0.492 e. The Bertz CT molecular complexity index is 366. The number of rotatable bonds is 3. The van der Waals surface area contributed by atoms with Crippen LogP contribution in [0, 0.1) is 0 Å². The quantitative estimate of drug-likeness (QED) is 0.798. The van der Waals surface area contributed by atoms with Crippen LogP contribution in [0.15, 0.2) is 10.5 Å². The molecule has 0 aromatic heterocycles. The Labute approximate surface area is 95.1 Å². The van der Waals surface area contributed by atoms with Gasteiger partial charge in [0.1, 0.15) is 0 Å². The summed E-state index contributed by atoms with van der Waals surface area (Å²) in [5.41, 5.74) is 0.358. The average molecular weight is 280 g/mol. The van der Waals surface area contributed by atoms with Crippen LogP contribution in [0.4, 0.5) is 0 Å². The summed E-state index contributed by atoms with van der Waals surface area (Å²) in [7, 11) is 2.96. The molecule has 0 saturated carbocycles. The molecule has 0 atom stereocenters. The molecule has 0 aliphatic heterocycles. The van der Waals surface area contributed by atoms with Crippen molar-refractivity contribution in [3.05, 3.63) is 21.1 Å². The zero-order valence-electron chi connectivity index (χ0n) is 7.64. The Morgan fingerprint density at radius 2 is 1.93 bits per heavy atom. The zero-order chi connectivity index (χ0) is 10.7. The third-order valence-corrected chi connectivity index (χ3v) is 2.67. The molecule has 0 fully saturated rings. The van der Waals surface area contributed by atoms with Crippen molar-refractivity contribution >= 4 is 33.8 Å². The third-order valence-electron chi connectivity index (χ3n) is 1.69. The lowest BCUT2D eigenvalue weighted by Crippen LogP contribution is -1.95. The fourth-order valence-electron chi connectivity index (χ4n) is 1.06. The molecule has 0 heterocycles. The van der Waals surface area contributed by atoms with Crippen LogP contribution in [0.3, 0.4) is 0 Å².